The maximum atomic E-state index is 13.9. The monoisotopic (exact) mass is 312 g/mol. The third-order valence-electron chi connectivity index (χ3n) is 3.41. The molecule has 0 aliphatic heterocycles. The Balaban J connectivity index is 2.39. The first-order chi connectivity index (χ1) is 11.0. The normalized spacial score (nSPS) is 10.3. The van der Waals surface area contributed by atoms with Gasteiger partial charge in [-0.1, -0.05) is 0 Å². The van der Waals surface area contributed by atoms with Crippen molar-refractivity contribution in [2.75, 3.05) is 12.0 Å². The maximum absolute atomic E-state index is 13.9. The molecule has 0 unspecified atom stereocenters. The van der Waals surface area contributed by atoms with E-state index in [1.54, 1.807) is 30.3 Å². The number of hydrogen-bond donors (Lipinski definition) is 0. The minimum Gasteiger partial charge on any atom is -0.494 e. The number of amides is 1. The molecule has 0 atom stereocenters. The minimum absolute atomic E-state index is 0.128. The number of carbonyl (C=O) groups is 1. The Labute approximate surface area is 134 Å². The summed E-state index contributed by atoms with van der Waals surface area (Å²) in [5.41, 5.74) is 1.37. The van der Waals surface area contributed by atoms with Gasteiger partial charge in [-0.25, -0.2) is 4.39 Å². The third kappa shape index (κ3) is 3.49. The molecule has 0 heterocycles. The summed E-state index contributed by atoms with van der Waals surface area (Å²) in [7, 11) is 1.39. The van der Waals surface area contributed by atoms with Gasteiger partial charge in [-0.3, -0.25) is 4.79 Å². The van der Waals surface area contributed by atoms with Crippen LogP contribution < -0.4 is 9.64 Å². The van der Waals surface area contributed by atoms with Crippen molar-refractivity contribution in [1.82, 2.24) is 0 Å². The number of methoxy groups -OCH3 is 1. The predicted molar refractivity (Wildman–Crippen MR) is 86.1 cm³/mol. The third-order valence-corrected chi connectivity index (χ3v) is 3.41. The summed E-state index contributed by atoms with van der Waals surface area (Å²) in [5.74, 6) is -0.652. The van der Waals surface area contributed by atoms with Gasteiger partial charge in [0.15, 0.2) is 11.6 Å². The van der Waals surface area contributed by atoms with Crippen LogP contribution in [0.1, 0.15) is 29.8 Å². The van der Waals surface area contributed by atoms with Crippen molar-refractivity contribution in [3.8, 4) is 11.8 Å². The van der Waals surface area contributed by atoms with E-state index in [2.05, 4.69) is 0 Å². The molecule has 0 aliphatic carbocycles. The van der Waals surface area contributed by atoms with Crippen LogP contribution in [0.25, 0.3) is 0 Å². The molecule has 2 rings (SSSR count). The summed E-state index contributed by atoms with van der Waals surface area (Å²) in [6, 6.07) is 12.6. The molecule has 0 bridgehead atoms. The van der Waals surface area contributed by atoms with E-state index >= 15 is 0 Å². The van der Waals surface area contributed by atoms with Crippen LogP contribution in [-0.4, -0.2) is 19.1 Å². The van der Waals surface area contributed by atoms with E-state index in [0.29, 0.717) is 16.8 Å². The summed E-state index contributed by atoms with van der Waals surface area (Å²) >= 11 is 0. The Hall–Kier alpha value is -2.87. The molecule has 118 valence electrons. The molecule has 2 aromatic carbocycles. The first-order valence-electron chi connectivity index (χ1n) is 7.15. The number of nitrogens with zero attached hydrogens (tertiary/aromatic N) is 2. The van der Waals surface area contributed by atoms with Crippen molar-refractivity contribution in [2.45, 2.75) is 19.9 Å². The fourth-order valence-electron chi connectivity index (χ4n) is 2.28. The van der Waals surface area contributed by atoms with Gasteiger partial charge >= 0.3 is 0 Å². The topological polar surface area (TPSA) is 53.3 Å². The summed E-state index contributed by atoms with van der Waals surface area (Å²) in [5, 5.41) is 8.82. The molecule has 2 aromatic rings. The van der Waals surface area contributed by atoms with Gasteiger partial charge in [0.2, 0.25) is 0 Å². The van der Waals surface area contributed by atoms with E-state index in [9.17, 15) is 9.18 Å². The van der Waals surface area contributed by atoms with Crippen molar-refractivity contribution >= 4 is 11.6 Å². The van der Waals surface area contributed by atoms with Crippen LogP contribution in [0.5, 0.6) is 5.75 Å². The highest BCUT2D eigenvalue weighted by Crippen LogP contribution is 2.26. The molecule has 5 heteroatoms. The van der Waals surface area contributed by atoms with E-state index in [-0.39, 0.29) is 17.7 Å². The molecule has 0 fully saturated rings. The maximum Gasteiger partial charge on any atom is 0.258 e. The smallest absolute Gasteiger partial charge is 0.258 e. The molecule has 23 heavy (non-hydrogen) atoms. The van der Waals surface area contributed by atoms with Gasteiger partial charge in [0.25, 0.3) is 5.91 Å². The second-order valence-electron chi connectivity index (χ2n) is 5.28. The van der Waals surface area contributed by atoms with Crippen LogP contribution in [0.2, 0.25) is 0 Å². The highest BCUT2D eigenvalue weighted by Gasteiger charge is 2.22. The largest absolute Gasteiger partial charge is 0.494 e. The SMILES string of the molecule is COc1ccc(N(C(=O)c2ccc(C#N)cc2)C(C)C)cc1F. The fourth-order valence-corrected chi connectivity index (χ4v) is 2.28. The zero-order valence-corrected chi connectivity index (χ0v) is 13.2. The van der Waals surface area contributed by atoms with Crippen molar-refractivity contribution in [1.29, 1.82) is 5.26 Å². The Morgan fingerprint density at radius 2 is 1.87 bits per heavy atom. The number of halogens is 1. The predicted octanol–water partition coefficient (Wildman–Crippen LogP) is 3.76. The highest BCUT2D eigenvalue weighted by molar-refractivity contribution is 6.06. The summed E-state index contributed by atoms with van der Waals surface area (Å²) in [6.07, 6.45) is 0. The molecule has 0 spiro atoms. The molecule has 0 saturated heterocycles. The van der Waals surface area contributed by atoms with E-state index in [1.165, 1.54) is 24.1 Å². The lowest BCUT2D eigenvalue weighted by atomic mass is 10.1. The molecular formula is C18H17FN2O2. The second-order valence-corrected chi connectivity index (χ2v) is 5.28. The standard InChI is InChI=1S/C18H17FN2O2/c1-12(2)21(15-8-9-17(23-3)16(19)10-15)18(22)14-6-4-13(11-20)5-7-14/h4-10,12H,1-3H3. The molecular weight excluding hydrogens is 295 g/mol. The average molecular weight is 312 g/mol. The summed E-state index contributed by atoms with van der Waals surface area (Å²) in [4.78, 5) is 14.2. The molecule has 0 radical (unpaired) electrons. The first kappa shape index (κ1) is 16.5. The van der Waals surface area contributed by atoms with Gasteiger partial charge in [0.1, 0.15) is 0 Å². The van der Waals surface area contributed by atoms with Crippen LogP contribution in [0.3, 0.4) is 0 Å². The first-order valence-corrected chi connectivity index (χ1v) is 7.15. The zero-order valence-electron chi connectivity index (χ0n) is 13.2. The van der Waals surface area contributed by atoms with Crippen LogP contribution in [0, 0.1) is 17.1 Å². The molecule has 1 amide bonds. The highest BCUT2D eigenvalue weighted by atomic mass is 19.1. The van der Waals surface area contributed by atoms with Gasteiger partial charge in [0, 0.05) is 23.4 Å². The molecule has 0 N–H and O–H groups in total. The molecule has 0 saturated carbocycles. The van der Waals surface area contributed by atoms with Gasteiger partial charge in [0.05, 0.1) is 18.7 Å². The lowest BCUT2D eigenvalue weighted by Crippen LogP contribution is -2.37. The van der Waals surface area contributed by atoms with Crippen LogP contribution >= 0.6 is 0 Å². The second kappa shape index (κ2) is 6.93. The van der Waals surface area contributed by atoms with Gasteiger partial charge in [-0.05, 0) is 50.2 Å². The number of ether oxygens (including phenoxy) is 1. The minimum atomic E-state index is -0.525. The number of carbonyl (C=O) groups excluding carboxylic acids is 1. The Bertz CT molecular complexity index is 749. The Morgan fingerprint density at radius 3 is 2.35 bits per heavy atom. The summed E-state index contributed by atoms with van der Waals surface area (Å²) in [6.45, 7) is 3.70. The van der Waals surface area contributed by atoms with E-state index < -0.39 is 5.82 Å². The number of hydrogen-bond acceptors (Lipinski definition) is 3. The van der Waals surface area contributed by atoms with E-state index in [0.717, 1.165) is 0 Å². The van der Waals surface area contributed by atoms with Crippen molar-refractivity contribution in [3.05, 3.63) is 59.4 Å². The number of rotatable bonds is 4. The number of nitriles is 1. The number of benzene rings is 2. The van der Waals surface area contributed by atoms with Crippen LogP contribution in [0.4, 0.5) is 10.1 Å². The van der Waals surface area contributed by atoms with Crippen molar-refractivity contribution < 1.29 is 13.9 Å². The van der Waals surface area contributed by atoms with E-state index in [4.69, 9.17) is 10.00 Å². The lowest BCUT2D eigenvalue weighted by Gasteiger charge is -2.27. The average Bonchev–Trinajstić information content (AvgIpc) is 2.55. The van der Waals surface area contributed by atoms with E-state index in [1.807, 2.05) is 19.9 Å². The van der Waals surface area contributed by atoms with Gasteiger partial charge < -0.3 is 9.64 Å². The molecule has 0 aromatic heterocycles. The van der Waals surface area contributed by atoms with Crippen molar-refractivity contribution in [3.63, 3.8) is 0 Å². The van der Waals surface area contributed by atoms with Gasteiger partial charge in [-0.15, -0.1) is 0 Å². The van der Waals surface area contributed by atoms with Gasteiger partial charge in [-0.2, -0.15) is 5.26 Å². The molecule has 4 nitrogen and oxygen atoms in total. The number of anilines is 1. The Morgan fingerprint density at radius 1 is 1.22 bits per heavy atom. The summed E-state index contributed by atoms with van der Waals surface area (Å²) < 4.78 is 18.8. The van der Waals surface area contributed by atoms with Crippen molar-refractivity contribution in [2.24, 2.45) is 0 Å². The quantitative estimate of drug-likeness (QED) is 0.863. The zero-order chi connectivity index (χ0) is 17.0. The van der Waals surface area contributed by atoms with Crippen LogP contribution in [0.15, 0.2) is 42.5 Å². The van der Waals surface area contributed by atoms with Crippen LogP contribution in [-0.2, 0) is 0 Å². The fraction of sp³-hybridized carbons (Fsp3) is 0.222. The Kier molecular flexibility index (Phi) is 4.97. The lowest BCUT2D eigenvalue weighted by molar-refractivity contribution is 0.0980. The molecule has 0 aliphatic rings.